The molecule has 0 saturated carbocycles. The first kappa shape index (κ1) is 21.1. The zero-order chi connectivity index (χ0) is 20.7. The van der Waals surface area contributed by atoms with E-state index in [0.29, 0.717) is 10.2 Å². The van der Waals surface area contributed by atoms with Crippen LogP contribution in [0.4, 0.5) is 5.69 Å². The summed E-state index contributed by atoms with van der Waals surface area (Å²) in [6.07, 6.45) is 2.82. The van der Waals surface area contributed by atoms with E-state index in [1.807, 2.05) is 0 Å². The summed E-state index contributed by atoms with van der Waals surface area (Å²) >= 11 is 1.06. The molecule has 8 nitrogen and oxygen atoms in total. The second-order valence-corrected chi connectivity index (χ2v) is 6.68. The van der Waals surface area contributed by atoms with Crippen molar-refractivity contribution in [2.75, 3.05) is 19.0 Å². The van der Waals surface area contributed by atoms with E-state index in [4.69, 9.17) is 4.74 Å². The molecule has 148 valence electrons. The van der Waals surface area contributed by atoms with Crippen molar-refractivity contribution in [3.8, 4) is 0 Å². The highest BCUT2D eigenvalue weighted by molar-refractivity contribution is 7.07. The molecule has 2 aromatic rings. The van der Waals surface area contributed by atoms with E-state index in [1.54, 1.807) is 37.3 Å². The number of anilines is 1. The first-order valence-electron chi connectivity index (χ1n) is 8.38. The van der Waals surface area contributed by atoms with E-state index >= 15 is 0 Å². The molecule has 0 atom stereocenters. The third kappa shape index (κ3) is 5.65. The molecule has 0 unspecified atom stereocenters. The average molecular weight is 404 g/mol. The van der Waals surface area contributed by atoms with Crippen molar-refractivity contribution in [1.29, 1.82) is 0 Å². The van der Waals surface area contributed by atoms with Gasteiger partial charge in [-0.3, -0.25) is 19.0 Å². The number of esters is 2. The van der Waals surface area contributed by atoms with Crippen molar-refractivity contribution in [2.24, 2.45) is 0 Å². The number of amides is 1. The van der Waals surface area contributed by atoms with Gasteiger partial charge in [0, 0.05) is 12.6 Å². The third-order valence-electron chi connectivity index (χ3n) is 3.51. The van der Waals surface area contributed by atoms with Gasteiger partial charge in [0.1, 0.15) is 11.2 Å². The molecule has 0 bridgehead atoms. The normalized spacial score (nSPS) is 12.0. The Bertz CT molecular complexity index is 1050. The Labute approximate surface area is 164 Å². The van der Waals surface area contributed by atoms with Crippen LogP contribution in [0.5, 0.6) is 0 Å². The van der Waals surface area contributed by atoms with E-state index in [-0.39, 0.29) is 23.7 Å². The summed E-state index contributed by atoms with van der Waals surface area (Å²) in [6, 6.07) is 6.90. The van der Waals surface area contributed by atoms with E-state index in [1.165, 1.54) is 24.7 Å². The van der Waals surface area contributed by atoms with Crippen LogP contribution in [-0.2, 0) is 30.4 Å². The zero-order valence-electron chi connectivity index (χ0n) is 15.7. The van der Waals surface area contributed by atoms with Crippen LogP contribution in [0, 0.1) is 0 Å². The number of hydrogen-bond acceptors (Lipinski definition) is 7. The lowest BCUT2D eigenvalue weighted by molar-refractivity contribution is -0.141. The molecule has 0 spiro atoms. The number of rotatable bonds is 6. The molecular weight excluding hydrogens is 384 g/mol. The Morgan fingerprint density at radius 3 is 2.46 bits per heavy atom. The highest BCUT2D eigenvalue weighted by atomic mass is 32.1. The van der Waals surface area contributed by atoms with Crippen LogP contribution in [0.25, 0.3) is 12.2 Å². The van der Waals surface area contributed by atoms with Gasteiger partial charge in [-0.2, -0.15) is 0 Å². The molecule has 1 aromatic carbocycles. The lowest BCUT2D eigenvalue weighted by Gasteiger charge is -2.01. The molecule has 0 aliphatic rings. The van der Waals surface area contributed by atoms with Gasteiger partial charge in [-0.25, -0.2) is 4.79 Å². The third-order valence-corrected chi connectivity index (χ3v) is 4.57. The smallest absolute Gasteiger partial charge is 0.333 e. The molecule has 1 aromatic heterocycles. The van der Waals surface area contributed by atoms with Crippen LogP contribution in [0.15, 0.2) is 29.1 Å². The largest absolute Gasteiger partial charge is 0.468 e. The minimum atomic E-state index is -0.607. The summed E-state index contributed by atoms with van der Waals surface area (Å²) in [7, 11) is 1.22. The Morgan fingerprint density at radius 2 is 1.89 bits per heavy atom. The molecule has 28 heavy (non-hydrogen) atoms. The summed E-state index contributed by atoms with van der Waals surface area (Å²) < 4.78 is 11.3. The number of methoxy groups -OCH3 is 1. The van der Waals surface area contributed by atoms with Gasteiger partial charge in [0.15, 0.2) is 0 Å². The number of nitrogens with one attached hydrogen (secondary N) is 1. The second-order valence-electron chi connectivity index (χ2n) is 5.62. The van der Waals surface area contributed by atoms with Crippen LogP contribution in [0.1, 0.15) is 19.4 Å². The number of benzene rings is 1. The fourth-order valence-electron chi connectivity index (χ4n) is 2.29. The molecule has 0 fully saturated rings. The van der Waals surface area contributed by atoms with Gasteiger partial charge in [0.05, 0.1) is 24.3 Å². The highest BCUT2D eigenvalue weighted by Gasteiger charge is 2.11. The van der Waals surface area contributed by atoms with E-state index < -0.39 is 17.5 Å². The van der Waals surface area contributed by atoms with Gasteiger partial charge < -0.3 is 14.8 Å². The van der Waals surface area contributed by atoms with Gasteiger partial charge in [0.2, 0.25) is 5.91 Å². The number of ether oxygens (including phenoxy) is 2. The molecule has 2 rings (SSSR count). The Balaban J connectivity index is 2.50. The summed E-state index contributed by atoms with van der Waals surface area (Å²) in [6.45, 7) is 2.97. The van der Waals surface area contributed by atoms with Crippen molar-refractivity contribution >= 4 is 47.0 Å². The summed E-state index contributed by atoms with van der Waals surface area (Å²) in [5.74, 6) is -1.39. The van der Waals surface area contributed by atoms with Crippen LogP contribution in [0.2, 0.25) is 0 Å². The molecule has 0 radical (unpaired) electrons. The predicted molar refractivity (Wildman–Crippen MR) is 105 cm³/mol. The maximum Gasteiger partial charge on any atom is 0.333 e. The Kier molecular flexibility index (Phi) is 7.28. The molecule has 1 amide bonds. The van der Waals surface area contributed by atoms with Crippen molar-refractivity contribution in [1.82, 2.24) is 4.57 Å². The fourth-order valence-corrected chi connectivity index (χ4v) is 3.32. The number of hydrogen-bond donors (Lipinski definition) is 1. The summed E-state index contributed by atoms with van der Waals surface area (Å²) in [5.41, 5.74) is 0.938. The highest BCUT2D eigenvalue weighted by Crippen LogP contribution is 2.09. The molecule has 0 aliphatic carbocycles. The Hall–Kier alpha value is -3.20. The quantitative estimate of drug-likeness (QED) is 0.691. The molecule has 1 heterocycles. The maximum atomic E-state index is 12.7. The lowest BCUT2D eigenvalue weighted by Crippen LogP contribution is -2.34. The number of thiazole rings is 1. The molecule has 0 saturated heterocycles. The van der Waals surface area contributed by atoms with Gasteiger partial charge in [-0.05, 0) is 30.7 Å². The fraction of sp³-hybridized carbons (Fsp3) is 0.263. The second kappa shape index (κ2) is 9.65. The number of carbonyl (C=O) groups excluding carboxylic acids is 3. The topological polar surface area (TPSA) is 104 Å². The van der Waals surface area contributed by atoms with Gasteiger partial charge >= 0.3 is 11.9 Å². The molecule has 9 heteroatoms. The van der Waals surface area contributed by atoms with Gasteiger partial charge in [-0.1, -0.05) is 12.1 Å². The molecule has 0 aliphatic heterocycles. The number of nitrogens with zero attached hydrogens (tertiary/aromatic N) is 1. The number of aromatic nitrogens is 1. The zero-order valence-corrected chi connectivity index (χ0v) is 16.5. The van der Waals surface area contributed by atoms with Crippen molar-refractivity contribution < 1.29 is 23.9 Å². The first-order chi connectivity index (χ1) is 13.3. The summed E-state index contributed by atoms with van der Waals surface area (Å²) in [4.78, 5) is 47.2. The predicted octanol–water partition coefficient (Wildman–Crippen LogP) is 0.214. The van der Waals surface area contributed by atoms with Crippen LogP contribution in [-0.4, -0.2) is 36.1 Å². The first-order valence-corrected chi connectivity index (χ1v) is 9.20. The minimum absolute atomic E-state index is 0.181. The van der Waals surface area contributed by atoms with Crippen molar-refractivity contribution in [2.45, 2.75) is 20.4 Å². The van der Waals surface area contributed by atoms with Gasteiger partial charge in [0.25, 0.3) is 5.56 Å². The Morgan fingerprint density at radius 1 is 1.21 bits per heavy atom. The van der Waals surface area contributed by atoms with Crippen molar-refractivity contribution in [3.05, 3.63) is 49.4 Å². The van der Waals surface area contributed by atoms with E-state index in [2.05, 4.69) is 10.1 Å². The van der Waals surface area contributed by atoms with Crippen molar-refractivity contribution in [3.63, 3.8) is 0 Å². The van der Waals surface area contributed by atoms with Crippen LogP contribution >= 0.6 is 11.3 Å². The maximum absolute atomic E-state index is 12.7. The number of carbonyl (C=O) groups is 3. The monoisotopic (exact) mass is 404 g/mol. The summed E-state index contributed by atoms with van der Waals surface area (Å²) in [5, 5.41) is 2.66. The standard InChI is InChI=1S/C19H20N2O6S/c1-4-27-17(23)10-16-21(11-18(24)26-3)19(25)15(28-16)9-13-5-7-14(8-6-13)20-12(2)22/h5-10H,4,11H2,1-3H3,(H,20,22)/b15-9-,16-10-. The molecule has 1 N–H and O–H groups in total. The van der Waals surface area contributed by atoms with Crippen LogP contribution in [0.3, 0.4) is 0 Å². The van der Waals surface area contributed by atoms with Gasteiger partial charge in [-0.15, -0.1) is 11.3 Å². The van der Waals surface area contributed by atoms with E-state index in [0.717, 1.165) is 16.9 Å². The lowest BCUT2D eigenvalue weighted by atomic mass is 10.2. The van der Waals surface area contributed by atoms with Crippen LogP contribution < -0.4 is 20.1 Å². The molecular formula is C19H20N2O6S. The SMILES string of the molecule is CCOC(=O)/C=c1\s/c(=C\c2ccc(NC(C)=O)cc2)c(=O)n1CC(=O)OC. The van der Waals surface area contributed by atoms with E-state index in [9.17, 15) is 19.2 Å². The minimum Gasteiger partial charge on any atom is -0.468 e. The average Bonchev–Trinajstić information content (AvgIpc) is 2.91.